The van der Waals surface area contributed by atoms with Gasteiger partial charge >= 0.3 is 0 Å². The fourth-order valence-electron chi connectivity index (χ4n) is 8.20. The number of hydrogen-bond donors (Lipinski definition) is 5. The lowest BCUT2D eigenvalue weighted by Gasteiger charge is -2.50. The summed E-state index contributed by atoms with van der Waals surface area (Å²) in [5, 5.41) is 45.3. The number of aliphatic hydroxyl groups excluding tert-OH is 2. The molecule has 5 aliphatic rings. The average molecular weight is 554 g/mol. The van der Waals surface area contributed by atoms with Crippen LogP contribution in [0.2, 0.25) is 0 Å². The number of nitrogens with zero attached hydrogens (tertiary/aromatic N) is 2. The second kappa shape index (κ2) is 9.05. The molecule has 1 amide bonds. The Balaban J connectivity index is 1.48. The van der Waals surface area contributed by atoms with Crippen molar-refractivity contribution in [3.63, 3.8) is 0 Å². The van der Waals surface area contributed by atoms with Gasteiger partial charge in [0.25, 0.3) is 5.91 Å². The van der Waals surface area contributed by atoms with Gasteiger partial charge in [-0.3, -0.25) is 24.2 Å². The van der Waals surface area contributed by atoms with E-state index in [1.165, 1.54) is 12.0 Å². The maximum absolute atomic E-state index is 14.0. The topological polar surface area (TPSA) is 174 Å². The van der Waals surface area contributed by atoms with Crippen LogP contribution in [0, 0.1) is 11.8 Å². The summed E-state index contributed by atoms with van der Waals surface area (Å²) < 4.78 is 5.85. The van der Waals surface area contributed by atoms with Crippen molar-refractivity contribution in [3.05, 3.63) is 39.7 Å². The molecule has 3 aliphatic carbocycles. The van der Waals surface area contributed by atoms with Gasteiger partial charge in [-0.25, -0.2) is 0 Å². The molecule has 11 nitrogen and oxygen atoms in total. The molecule has 11 heteroatoms. The zero-order valence-corrected chi connectivity index (χ0v) is 22.8. The number of amides is 1. The summed E-state index contributed by atoms with van der Waals surface area (Å²) in [6.07, 6.45) is 4.83. The molecule has 40 heavy (non-hydrogen) atoms. The van der Waals surface area contributed by atoms with E-state index in [0.29, 0.717) is 29.9 Å². The van der Waals surface area contributed by atoms with Gasteiger partial charge in [0.05, 0.1) is 18.7 Å². The molecule has 214 valence electrons. The monoisotopic (exact) mass is 553 g/mol. The van der Waals surface area contributed by atoms with Gasteiger partial charge in [0.1, 0.15) is 28.6 Å². The molecule has 0 radical (unpaired) electrons. The molecule has 6 rings (SSSR count). The third-order valence-electron chi connectivity index (χ3n) is 9.91. The second-order valence-corrected chi connectivity index (χ2v) is 12.0. The second-order valence-electron chi connectivity index (χ2n) is 12.0. The van der Waals surface area contributed by atoms with Gasteiger partial charge in [-0.05, 0) is 64.6 Å². The summed E-state index contributed by atoms with van der Waals surface area (Å²) in [5.74, 6) is -6.12. The highest BCUT2D eigenvalue weighted by Crippen LogP contribution is 2.54. The van der Waals surface area contributed by atoms with E-state index in [2.05, 4.69) is 4.90 Å². The lowest BCUT2D eigenvalue weighted by molar-refractivity contribution is -0.153. The number of rotatable bonds is 5. The molecule has 1 aromatic carbocycles. The largest absolute Gasteiger partial charge is 0.508 e. The van der Waals surface area contributed by atoms with Gasteiger partial charge in [0.2, 0.25) is 5.78 Å². The van der Waals surface area contributed by atoms with Crippen molar-refractivity contribution in [1.29, 1.82) is 0 Å². The Labute approximate surface area is 231 Å². The Kier molecular flexibility index (Phi) is 6.06. The highest BCUT2D eigenvalue weighted by atomic mass is 16.5. The number of carbonyl (C=O) groups is 3. The Bertz CT molecular complexity index is 1390. The Hall–Kier alpha value is -3.41. The number of benzene rings is 1. The van der Waals surface area contributed by atoms with Gasteiger partial charge in [0.15, 0.2) is 11.4 Å². The number of primary amides is 1. The number of aromatic hydroxyl groups is 1. The number of ether oxygens (including phenoxy) is 1. The quantitative estimate of drug-likeness (QED) is 0.332. The number of likely N-dealkylation sites (N-methyl/N-ethyl adjacent to an activating group) is 1. The zero-order valence-electron chi connectivity index (χ0n) is 22.8. The number of methoxy groups -OCH3 is 1. The highest BCUT2D eigenvalue weighted by molar-refractivity contribution is 6.24. The minimum Gasteiger partial charge on any atom is -0.508 e. The normalized spacial score (nSPS) is 33.4. The summed E-state index contributed by atoms with van der Waals surface area (Å²) in [6.45, 7) is 0.592. The first-order valence-electron chi connectivity index (χ1n) is 13.7. The van der Waals surface area contributed by atoms with Gasteiger partial charge in [-0.15, -0.1) is 0 Å². The fraction of sp³-hybridized carbons (Fsp3) is 0.552. The Morgan fingerprint density at radius 3 is 2.33 bits per heavy atom. The first-order valence-corrected chi connectivity index (χ1v) is 13.7. The molecule has 1 aromatic rings. The van der Waals surface area contributed by atoms with Crippen molar-refractivity contribution in [2.24, 2.45) is 17.6 Å². The number of hydrogen-bond acceptors (Lipinski definition) is 10. The van der Waals surface area contributed by atoms with Gasteiger partial charge < -0.3 is 30.9 Å². The highest BCUT2D eigenvalue weighted by Gasteiger charge is 2.64. The lowest BCUT2D eigenvalue weighted by Crippen LogP contribution is -2.65. The van der Waals surface area contributed by atoms with E-state index in [1.807, 2.05) is 0 Å². The Morgan fingerprint density at radius 1 is 1.15 bits per heavy atom. The fourth-order valence-corrected chi connectivity index (χ4v) is 8.20. The van der Waals surface area contributed by atoms with Gasteiger partial charge in [-0.1, -0.05) is 0 Å². The molecule has 0 unspecified atom stereocenters. The molecule has 0 spiro atoms. The van der Waals surface area contributed by atoms with Crippen molar-refractivity contribution in [2.75, 3.05) is 21.2 Å². The van der Waals surface area contributed by atoms with Crippen LogP contribution in [-0.2, 0) is 27.3 Å². The SMILES string of the molecule is COc1c(CN2C3CCC2CC3)cc(O)c2c1C[C@H]1C[C@H]3[C@H](N(C)C)C(=O)C(C(N)=O)=C(O)[C@@]3(O)C(=O)C1=C2O. The number of phenolic OH excluding ortho intramolecular Hbond substituents is 1. The minimum absolute atomic E-state index is 0.0379. The summed E-state index contributed by atoms with van der Waals surface area (Å²) in [7, 11) is 4.68. The molecule has 2 heterocycles. The van der Waals surface area contributed by atoms with Crippen molar-refractivity contribution >= 4 is 23.2 Å². The van der Waals surface area contributed by atoms with Crippen LogP contribution < -0.4 is 10.5 Å². The predicted octanol–water partition coefficient (Wildman–Crippen LogP) is 1.10. The van der Waals surface area contributed by atoms with Crippen LogP contribution in [-0.4, -0.2) is 92.6 Å². The first-order chi connectivity index (χ1) is 18.9. The standard InChI is InChI=1S/C29H35N3O8/c1-31(2)22-17-9-12-8-16-20(18(33)10-13(25(16)40-3)11-32-14-4-5-15(32)7-6-14)23(34)19(12)26(36)29(17,39)27(37)21(24(22)35)28(30)38/h10,12,14-15,17,22,33-34,37,39H,4-9,11H2,1-3H3,(H2,30,38)/t12-,14?,15?,17-,22-,29-/m0/s1. The molecular formula is C29H35N3O8. The summed E-state index contributed by atoms with van der Waals surface area (Å²) in [5.41, 5.74) is 3.11. The van der Waals surface area contributed by atoms with Crippen molar-refractivity contribution in [2.45, 2.75) is 68.8 Å². The maximum Gasteiger partial charge on any atom is 0.255 e. The molecule has 2 bridgehead atoms. The lowest BCUT2D eigenvalue weighted by atomic mass is 9.57. The van der Waals surface area contributed by atoms with Gasteiger partial charge in [0, 0.05) is 41.2 Å². The van der Waals surface area contributed by atoms with E-state index >= 15 is 0 Å². The Morgan fingerprint density at radius 2 is 1.77 bits per heavy atom. The number of fused-ring (bicyclic) bond motifs is 5. The van der Waals surface area contributed by atoms with Crippen LogP contribution in [0.25, 0.3) is 5.76 Å². The number of Topliss-reactive ketones (excluding diaryl/α,β-unsaturated/α-hetero) is 2. The van der Waals surface area contributed by atoms with Crippen LogP contribution in [0.4, 0.5) is 0 Å². The van der Waals surface area contributed by atoms with E-state index in [0.717, 1.165) is 31.2 Å². The number of carbonyl (C=O) groups excluding carboxylic acids is 3. The smallest absolute Gasteiger partial charge is 0.255 e. The van der Waals surface area contributed by atoms with Gasteiger partial charge in [-0.2, -0.15) is 0 Å². The molecule has 3 fully saturated rings. The predicted molar refractivity (Wildman–Crippen MR) is 142 cm³/mol. The third-order valence-corrected chi connectivity index (χ3v) is 9.91. The number of nitrogens with two attached hydrogens (primary N) is 1. The van der Waals surface area contributed by atoms with Crippen molar-refractivity contribution in [1.82, 2.24) is 9.80 Å². The summed E-state index contributed by atoms with van der Waals surface area (Å²) in [4.78, 5) is 43.3. The summed E-state index contributed by atoms with van der Waals surface area (Å²) in [6, 6.07) is 1.43. The van der Waals surface area contributed by atoms with Crippen LogP contribution in [0.1, 0.15) is 48.8 Å². The van der Waals surface area contributed by atoms with E-state index in [-0.39, 0.29) is 29.7 Å². The molecule has 1 saturated carbocycles. The zero-order chi connectivity index (χ0) is 28.8. The number of ketones is 2. The molecule has 2 saturated heterocycles. The maximum atomic E-state index is 14.0. The number of phenols is 1. The molecule has 6 N–H and O–H groups in total. The molecule has 0 aromatic heterocycles. The van der Waals surface area contributed by atoms with E-state index in [9.17, 15) is 34.8 Å². The van der Waals surface area contributed by atoms with Crippen LogP contribution in [0.3, 0.4) is 0 Å². The van der Waals surface area contributed by atoms with Crippen molar-refractivity contribution < 1.29 is 39.5 Å². The van der Waals surface area contributed by atoms with Crippen LogP contribution in [0.5, 0.6) is 11.5 Å². The van der Waals surface area contributed by atoms with Crippen LogP contribution >= 0.6 is 0 Å². The average Bonchev–Trinajstić information content (AvgIpc) is 3.44. The molecular weight excluding hydrogens is 518 g/mol. The third kappa shape index (κ3) is 3.44. The van der Waals surface area contributed by atoms with E-state index < -0.39 is 58.0 Å². The molecule has 4 atom stereocenters. The van der Waals surface area contributed by atoms with E-state index in [4.69, 9.17) is 10.5 Å². The first kappa shape index (κ1) is 26.8. The van der Waals surface area contributed by atoms with E-state index in [1.54, 1.807) is 20.2 Å². The van der Waals surface area contributed by atoms with Crippen LogP contribution in [0.15, 0.2) is 23.0 Å². The van der Waals surface area contributed by atoms with Crippen molar-refractivity contribution in [3.8, 4) is 11.5 Å². The number of aliphatic hydroxyl groups is 3. The molecule has 2 aliphatic heterocycles. The minimum atomic E-state index is -2.65. The summed E-state index contributed by atoms with van der Waals surface area (Å²) >= 11 is 0.